The number of carbonyl (C=O) groups excluding carboxylic acids is 3. The average molecular weight is 370 g/mol. The van der Waals surface area contributed by atoms with Gasteiger partial charge in [0.25, 0.3) is 0 Å². The maximum atomic E-state index is 12.4. The summed E-state index contributed by atoms with van der Waals surface area (Å²) >= 11 is 0. The van der Waals surface area contributed by atoms with Gasteiger partial charge in [-0.15, -0.1) is 0 Å². The molecule has 0 heterocycles. The highest BCUT2D eigenvalue weighted by Gasteiger charge is 2.17. The highest BCUT2D eigenvalue weighted by atomic mass is 16.5. The molecule has 0 saturated carbocycles. The molecule has 0 radical (unpaired) electrons. The summed E-state index contributed by atoms with van der Waals surface area (Å²) in [6.07, 6.45) is 0. The maximum absolute atomic E-state index is 12.4. The summed E-state index contributed by atoms with van der Waals surface area (Å²) in [5.41, 5.74) is 1.33. The Kier molecular flexibility index (Phi) is 6.93. The first-order valence-corrected chi connectivity index (χ1v) is 8.43. The molecule has 0 aliphatic rings. The number of ether oxygens (including phenoxy) is 2. The Labute approximate surface area is 157 Å². The quantitative estimate of drug-likeness (QED) is 0.758. The molecule has 2 aromatic carbocycles. The molecule has 7 heteroatoms. The predicted octanol–water partition coefficient (Wildman–Crippen LogP) is 2.86. The number of esters is 1. The number of hydrogen-bond acceptors (Lipinski definition) is 5. The fraction of sp³-hybridized carbons (Fsp3) is 0.250. The Hall–Kier alpha value is -3.35. The summed E-state index contributed by atoms with van der Waals surface area (Å²) in [5.74, 6) is -0.489. The van der Waals surface area contributed by atoms with E-state index < -0.39 is 5.97 Å². The van der Waals surface area contributed by atoms with Crippen molar-refractivity contribution in [2.75, 3.05) is 30.5 Å². The second-order valence-corrected chi connectivity index (χ2v) is 5.65. The van der Waals surface area contributed by atoms with Crippen molar-refractivity contribution in [3.05, 3.63) is 54.1 Å². The first-order chi connectivity index (χ1) is 12.9. The number of methoxy groups -OCH3 is 1. The van der Waals surface area contributed by atoms with Crippen LogP contribution in [0, 0.1) is 0 Å². The molecular weight excluding hydrogens is 348 g/mol. The number of hydrogen-bond donors (Lipinski definition) is 1. The minimum absolute atomic E-state index is 0.187. The third-order valence-electron chi connectivity index (χ3n) is 3.71. The number of benzene rings is 2. The van der Waals surface area contributed by atoms with Gasteiger partial charge in [-0.1, -0.05) is 6.07 Å². The van der Waals surface area contributed by atoms with Gasteiger partial charge in [-0.2, -0.15) is 0 Å². The second-order valence-electron chi connectivity index (χ2n) is 5.65. The molecule has 0 aliphatic carbocycles. The lowest BCUT2D eigenvalue weighted by molar-refractivity contribution is -0.120. The van der Waals surface area contributed by atoms with Gasteiger partial charge in [0.1, 0.15) is 12.3 Å². The number of amides is 2. The summed E-state index contributed by atoms with van der Waals surface area (Å²) in [6.45, 7) is 3.62. The molecule has 0 unspecified atom stereocenters. The predicted molar refractivity (Wildman–Crippen MR) is 102 cm³/mol. The molecule has 142 valence electrons. The van der Waals surface area contributed by atoms with Crippen LogP contribution >= 0.6 is 0 Å². The zero-order valence-corrected chi connectivity index (χ0v) is 15.5. The van der Waals surface area contributed by atoms with Crippen LogP contribution in [0.2, 0.25) is 0 Å². The van der Waals surface area contributed by atoms with E-state index in [1.165, 1.54) is 25.0 Å². The van der Waals surface area contributed by atoms with Crippen LogP contribution in [0.5, 0.6) is 5.75 Å². The van der Waals surface area contributed by atoms with Crippen molar-refractivity contribution in [2.24, 2.45) is 0 Å². The Morgan fingerprint density at radius 2 is 1.78 bits per heavy atom. The zero-order valence-electron chi connectivity index (χ0n) is 15.5. The lowest BCUT2D eigenvalue weighted by Crippen LogP contribution is -2.36. The van der Waals surface area contributed by atoms with E-state index in [1.54, 1.807) is 42.5 Å². The van der Waals surface area contributed by atoms with E-state index in [1.807, 2.05) is 6.92 Å². The second kappa shape index (κ2) is 9.38. The molecule has 0 bridgehead atoms. The molecule has 7 nitrogen and oxygen atoms in total. The van der Waals surface area contributed by atoms with E-state index in [2.05, 4.69) is 10.1 Å². The SMILES string of the molecule is CCOc1ccc(NC(=O)CN(C(C)=O)c2cccc(C(=O)OC)c2)cc1. The van der Waals surface area contributed by atoms with Gasteiger partial charge in [0, 0.05) is 18.3 Å². The summed E-state index contributed by atoms with van der Waals surface area (Å²) < 4.78 is 10.0. The van der Waals surface area contributed by atoms with Crippen LogP contribution in [0.4, 0.5) is 11.4 Å². The molecule has 0 aromatic heterocycles. The molecule has 0 atom stereocenters. The van der Waals surface area contributed by atoms with Crippen molar-refractivity contribution in [1.29, 1.82) is 0 Å². The monoisotopic (exact) mass is 370 g/mol. The van der Waals surface area contributed by atoms with Crippen LogP contribution in [0.15, 0.2) is 48.5 Å². The van der Waals surface area contributed by atoms with Gasteiger partial charge >= 0.3 is 5.97 Å². The van der Waals surface area contributed by atoms with E-state index in [9.17, 15) is 14.4 Å². The van der Waals surface area contributed by atoms with Gasteiger partial charge in [-0.25, -0.2) is 4.79 Å². The normalized spacial score (nSPS) is 10.0. The van der Waals surface area contributed by atoms with E-state index in [4.69, 9.17) is 4.74 Å². The van der Waals surface area contributed by atoms with Crippen molar-refractivity contribution < 1.29 is 23.9 Å². The maximum Gasteiger partial charge on any atom is 0.337 e. The van der Waals surface area contributed by atoms with Crippen molar-refractivity contribution >= 4 is 29.2 Å². The van der Waals surface area contributed by atoms with Gasteiger partial charge in [-0.3, -0.25) is 9.59 Å². The Bertz CT molecular complexity index is 817. The van der Waals surface area contributed by atoms with Gasteiger partial charge in [0.2, 0.25) is 11.8 Å². The van der Waals surface area contributed by atoms with Gasteiger partial charge < -0.3 is 19.7 Å². The van der Waals surface area contributed by atoms with Crippen LogP contribution in [0.25, 0.3) is 0 Å². The number of nitrogens with zero attached hydrogens (tertiary/aromatic N) is 1. The number of anilines is 2. The van der Waals surface area contributed by atoms with Gasteiger partial charge in [0.05, 0.1) is 19.3 Å². The summed E-state index contributed by atoms with van der Waals surface area (Å²) in [4.78, 5) is 37.3. The number of rotatable bonds is 7. The molecule has 0 spiro atoms. The van der Waals surface area contributed by atoms with Crippen LogP contribution in [0.3, 0.4) is 0 Å². The van der Waals surface area contributed by atoms with Crippen LogP contribution < -0.4 is 15.0 Å². The third-order valence-corrected chi connectivity index (χ3v) is 3.71. The number of nitrogens with one attached hydrogen (secondary N) is 1. The lowest BCUT2D eigenvalue weighted by Gasteiger charge is -2.21. The Morgan fingerprint density at radius 1 is 1.07 bits per heavy atom. The molecule has 2 amide bonds. The van der Waals surface area contributed by atoms with E-state index in [-0.39, 0.29) is 18.4 Å². The third kappa shape index (κ3) is 5.57. The van der Waals surface area contributed by atoms with E-state index in [0.717, 1.165) is 0 Å². The molecule has 1 N–H and O–H groups in total. The molecule has 0 fully saturated rings. The number of carbonyl (C=O) groups is 3. The lowest BCUT2D eigenvalue weighted by atomic mass is 10.2. The van der Waals surface area contributed by atoms with Crippen molar-refractivity contribution in [1.82, 2.24) is 0 Å². The van der Waals surface area contributed by atoms with Crippen LogP contribution in [0.1, 0.15) is 24.2 Å². The van der Waals surface area contributed by atoms with Crippen LogP contribution in [-0.2, 0) is 14.3 Å². The van der Waals surface area contributed by atoms with Gasteiger partial charge in [0.15, 0.2) is 0 Å². The molecule has 2 aromatic rings. The highest BCUT2D eigenvalue weighted by molar-refractivity contribution is 6.02. The van der Waals surface area contributed by atoms with E-state index >= 15 is 0 Å². The summed E-state index contributed by atoms with van der Waals surface area (Å²) in [7, 11) is 1.28. The molecule has 2 rings (SSSR count). The minimum Gasteiger partial charge on any atom is -0.494 e. The zero-order chi connectivity index (χ0) is 19.8. The molecule has 0 aliphatic heterocycles. The van der Waals surface area contributed by atoms with Crippen molar-refractivity contribution in [3.8, 4) is 5.75 Å². The summed E-state index contributed by atoms with van der Waals surface area (Å²) in [5, 5.41) is 2.73. The highest BCUT2D eigenvalue weighted by Crippen LogP contribution is 2.19. The summed E-state index contributed by atoms with van der Waals surface area (Å²) in [6, 6.07) is 13.3. The minimum atomic E-state index is -0.515. The largest absolute Gasteiger partial charge is 0.494 e. The van der Waals surface area contributed by atoms with Crippen molar-refractivity contribution in [2.45, 2.75) is 13.8 Å². The van der Waals surface area contributed by atoms with Crippen LogP contribution in [-0.4, -0.2) is 38.0 Å². The van der Waals surface area contributed by atoms with E-state index in [0.29, 0.717) is 29.3 Å². The smallest absolute Gasteiger partial charge is 0.337 e. The standard InChI is InChI=1S/C20H22N2O5/c1-4-27-18-10-8-16(9-11-18)21-19(24)13-22(14(2)23)17-7-5-6-15(12-17)20(25)26-3/h5-12H,4,13H2,1-3H3,(H,21,24). The fourth-order valence-electron chi connectivity index (χ4n) is 2.45. The molecule has 27 heavy (non-hydrogen) atoms. The first kappa shape index (κ1) is 20.0. The van der Waals surface area contributed by atoms with Gasteiger partial charge in [-0.05, 0) is 49.4 Å². The average Bonchev–Trinajstić information content (AvgIpc) is 2.67. The topological polar surface area (TPSA) is 84.9 Å². The molecular formula is C20H22N2O5. The van der Waals surface area contributed by atoms with Crippen molar-refractivity contribution in [3.63, 3.8) is 0 Å². The Balaban J connectivity index is 2.10. The first-order valence-electron chi connectivity index (χ1n) is 8.43. The fourth-order valence-corrected chi connectivity index (χ4v) is 2.45. The Morgan fingerprint density at radius 3 is 2.37 bits per heavy atom. The molecule has 0 saturated heterocycles.